The number of aromatic hydroxyl groups is 1. The van der Waals surface area contributed by atoms with E-state index in [0.717, 1.165) is 40.7 Å². The van der Waals surface area contributed by atoms with Gasteiger partial charge in [0.15, 0.2) is 0 Å². The van der Waals surface area contributed by atoms with Crippen LogP contribution in [-0.2, 0) is 26.8 Å². The van der Waals surface area contributed by atoms with Gasteiger partial charge < -0.3 is 14.9 Å². The molecule has 0 saturated heterocycles. The second-order valence-electron chi connectivity index (χ2n) is 21.0. The number of esters is 1. The highest BCUT2D eigenvalue weighted by Gasteiger charge is 2.51. The molecule has 1 aromatic carbocycles. The van der Waals surface area contributed by atoms with Crippen LogP contribution in [0.25, 0.3) is 0 Å². The standard InChI is InChI=1S/C50H86O4/c1-14-15-16-17-18-19-20-21-22-23-24-25-26-27-28-29-32-54-43(51)31-30-38-33-42(48(8,9)10)45(53)50(36-38,49(11,12)13)37-39-34-40(46(2,3)4)44(52)41(35-39)47(5,6)7/h33-36,45,52-53H,14-32,37H2,1-13H3. The highest BCUT2D eigenvalue weighted by molar-refractivity contribution is 5.70. The molecule has 1 aliphatic carbocycles. The Morgan fingerprint density at radius 2 is 1.09 bits per heavy atom. The summed E-state index contributed by atoms with van der Waals surface area (Å²) in [4.78, 5) is 13.0. The molecule has 2 atom stereocenters. The Morgan fingerprint density at radius 1 is 0.667 bits per heavy atom. The Kier molecular flexibility index (Phi) is 19.1. The van der Waals surface area contributed by atoms with Gasteiger partial charge in [-0.3, -0.25) is 4.79 Å². The lowest BCUT2D eigenvalue weighted by atomic mass is 9.54. The van der Waals surface area contributed by atoms with Crippen molar-refractivity contribution in [2.75, 3.05) is 6.61 Å². The average Bonchev–Trinajstić information content (AvgIpc) is 3.05. The fraction of sp³-hybridized carbons (Fsp3) is 0.780. The largest absolute Gasteiger partial charge is 0.507 e. The molecule has 0 bridgehead atoms. The molecule has 1 aromatic rings. The third kappa shape index (κ3) is 15.1. The zero-order chi connectivity index (χ0) is 40.8. The minimum absolute atomic E-state index is 0.141. The van der Waals surface area contributed by atoms with Crippen LogP contribution in [0.3, 0.4) is 0 Å². The number of carbonyl (C=O) groups is 1. The molecule has 0 aliphatic heterocycles. The van der Waals surface area contributed by atoms with E-state index in [1.165, 1.54) is 89.9 Å². The molecule has 1 aliphatic rings. The number of hydrogen-bond donors (Lipinski definition) is 2. The molecule has 2 unspecified atom stereocenters. The van der Waals surface area contributed by atoms with Crippen LogP contribution in [-0.4, -0.2) is 28.9 Å². The summed E-state index contributed by atoms with van der Waals surface area (Å²) < 4.78 is 5.72. The molecule has 0 spiro atoms. The molecule has 0 saturated carbocycles. The molecule has 2 N–H and O–H groups in total. The predicted molar refractivity (Wildman–Crippen MR) is 232 cm³/mol. The number of phenols is 1. The van der Waals surface area contributed by atoms with Gasteiger partial charge in [0.1, 0.15) is 5.75 Å². The van der Waals surface area contributed by atoms with E-state index in [2.05, 4.69) is 114 Å². The number of ether oxygens (including phenoxy) is 1. The first kappa shape index (κ1) is 48.1. The maximum atomic E-state index is 13.0. The minimum Gasteiger partial charge on any atom is -0.507 e. The van der Waals surface area contributed by atoms with E-state index in [0.29, 0.717) is 31.6 Å². The third-order valence-electron chi connectivity index (χ3n) is 12.0. The number of rotatable bonds is 22. The zero-order valence-electron chi connectivity index (χ0n) is 37.7. The summed E-state index contributed by atoms with van der Waals surface area (Å²) in [5.41, 5.74) is 3.38. The second kappa shape index (κ2) is 21.5. The van der Waals surface area contributed by atoms with Crippen LogP contribution in [0.15, 0.2) is 35.4 Å². The number of hydrogen-bond acceptors (Lipinski definition) is 4. The smallest absolute Gasteiger partial charge is 0.306 e. The van der Waals surface area contributed by atoms with Crippen LogP contribution >= 0.6 is 0 Å². The molecular weight excluding hydrogens is 665 g/mol. The lowest BCUT2D eigenvalue weighted by Crippen LogP contribution is -2.50. The lowest BCUT2D eigenvalue weighted by Gasteiger charge is -2.51. The molecule has 0 radical (unpaired) electrons. The van der Waals surface area contributed by atoms with Gasteiger partial charge in [-0.2, -0.15) is 0 Å². The van der Waals surface area contributed by atoms with E-state index in [4.69, 9.17) is 4.74 Å². The normalized spacial score (nSPS) is 18.4. The van der Waals surface area contributed by atoms with Crippen LogP contribution < -0.4 is 0 Å². The number of aliphatic hydroxyl groups is 1. The van der Waals surface area contributed by atoms with E-state index in [-0.39, 0.29) is 27.6 Å². The van der Waals surface area contributed by atoms with Gasteiger partial charge in [0.05, 0.1) is 12.7 Å². The van der Waals surface area contributed by atoms with Crippen LogP contribution in [0.4, 0.5) is 0 Å². The van der Waals surface area contributed by atoms with Crippen LogP contribution in [0.1, 0.15) is 222 Å². The van der Waals surface area contributed by atoms with E-state index in [1.807, 2.05) is 0 Å². The maximum absolute atomic E-state index is 13.0. The quantitative estimate of drug-likeness (QED) is 0.0915. The van der Waals surface area contributed by atoms with Gasteiger partial charge in [-0.1, -0.05) is 216 Å². The van der Waals surface area contributed by atoms with E-state index >= 15 is 0 Å². The Balaban J connectivity index is 2.00. The number of allylic oxidation sites excluding steroid dienone is 2. The summed E-state index contributed by atoms with van der Waals surface area (Å²) in [6, 6.07) is 4.31. The average molecular weight is 751 g/mol. The van der Waals surface area contributed by atoms with Crippen molar-refractivity contribution < 1.29 is 19.7 Å². The summed E-state index contributed by atoms with van der Waals surface area (Å²) >= 11 is 0. The van der Waals surface area contributed by atoms with Crippen molar-refractivity contribution in [1.82, 2.24) is 0 Å². The summed E-state index contributed by atoms with van der Waals surface area (Å²) in [6.07, 6.45) is 26.5. The third-order valence-corrected chi connectivity index (χ3v) is 12.0. The van der Waals surface area contributed by atoms with Gasteiger partial charge in [-0.25, -0.2) is 0 Å². The van der Waals surface area contributed by atoms with Gasteiger partial charge >= 0.3 is 5.97 Å². The lowest BCUT2D eigenvalue weighted by molar-refractivity contribution is -0.143. The Bertz CT molecular complexity index is 1300. The number of aliphatic hydroxyl groups excluding tert-OH is 1. The van der Waals surface area contributed by atoms with Crippen molar-refractivity contribution in [3.8, 4) is 5.75 Å². The summed E-state index contributed by atoms with van der Waals surface area (Å²) in [7, 11) is 0. The van der Waals surface area contributed by atoms with Crippen molar-refractivity contribution in [3.05, 3.63) is 52.1 Å². The van der Waals surface area contributed by atoms with Gasteiger partial charge in [-0.15, -0.1) is 0 Å². The molecule has 54 heavy (non-hydrogen) atoms. The molecule has 0 heterocycles. The molecule has 4 heteroatoms. The summed E-state index contributed by atoms with van der Waals surface area (Å²) in [5.74, 6) is 0.232. The molecule has 4 nitrogen and oxygen atoms in total. The van der Waals surface area contributed by atoms with E-state index < -0.39 is 11.5 Å². The van der Waals surface area contributed by atoms with Gasteiger partial charge in [0.2, 0.25) is 0 Å². The van der Waals surface area contributed by atoms with Crippen molar-refractivity contribution in [3.63, 3.8) is 0 Å². The topological polar surface area (TPSA) is 66.8 Å². The first-order chi connectivity index (χ1) is 25.0. The highest BCUT2D eigenvalue weighted by atomic mass is 16.5. The minimum atomic E-state index is -0.701. The van der Waals surface area contributed by atoms with Crippen molar-refractivity contribution in [1.29, 1.82) is 0 Å². The van der Waals surface area contributed by atoms with E-state index in [9.17, 15) is 15.0 Å². The molecule has 0 amide bonds. The monoisotopic (exact) mass is 751 g/mol. The maximum Gasteiger partial charge on any atom is 0.306 e. The first-order valence-electron chi connectivity index (χ1n) is 22.2. The molecule has 2 rings (SSSR count). The second-order valence-corrected chi connectivity index (χ2v) is 21.0. The highest BCUT2D eigenvalue weighted by Crippen LogP contribution is 2.54. The number of phenolic OH excluding ortho intramolecular Hbond substituents is 1. The number of carbonyl (C=O) groups excluding carboxylic acids is 1. The fourth-order valence-electron chi connectivity index (χ4n) is 8.25. The SMILES string of the molecule is CCCCCCCCCCCCCCCCCCOC(=O)CCC1=CC(Cc2cc(C(C)(C)C)c(O)c(C(C)(C)C)c2)(C(C)(C)C)C(O)C(C(C)(C)C)=C1. The van der Waals surface area contributed by atoms with Crippen molar-refractivity contribution in [2.45, 2.75) is 229 Å². The summed E-state index contributed by atoms with van der Waals surface area (Å²) in [6.45, 7) is 28.8. The summed E-state index contributed by atoms with van der Waals surface area (Å²) in [5, 5.41) is 23.8. The molecule has 0 aromatic heterocycles. The van der Waals surface area contributed by atoms with E-state index in [1.54, 1.807) is 0 Å². The fourth-order valence-corrected chi connectivity index (χ4v) is 8.25. The van der Waals surface area contributed by atoms with Gasteiger partial charge in [0.25, 0.3) is 0 Å². The molecule has 0 fully saturated rings. The predicted octanol–water partition coefficient (Wildman–Crippen LogP) is 14.4. The zero-order valence-corrected chi connectivity index (χ0v) is 37.7. The Labute approximate surface area is 334 Å². The van der Waals surface area contributed by atoms with Gasteiger partial charge in [-0.05, 0) is 63.2 Å². The van der Waals surface area contributed by atoms with Crippen molar-refractivity contribution in [2.24, 2.45) is 16.2 Å². The number of benzene rings is 1. The molecule has 310 valence electrons. The van der Waals surface area contributed by atoms with Crippen LogP contribution in [0.2, 0.25) is 0 Å². The van der Waals surface area contributed by atoms with Crippen LogP contribution in [0, 0.1) is 16.2 Å². The first-order valence-corrected chi connectivity index (χ1v) is 22.2. The molecular formula is C50H86O4. The van der Waals surface area contributed by atoms with Crippen LogP contribution in [0.5, 0.6) is 5.75 Å². The van der Waals surface area contributed by atoms with Gasteiger partial charge in [0, 0.05) is 11.8 Å². The Morgan fingerprint density at radius 3 is 1.48 bits per heavy atom. The number of unbranched alkanes of at least 4 members (excludes halogenated alkanes) is 15. The Hall–Kier alpha value is -2.07. The van der Waals surface area contributed by atoms with Crippen molar-refractivity contribution >= 4 is 5.97 Å².